The van der Waals surface area contributed by atoms with E-state index in [9.17, 15) is 9.90 Å². The number of hydrogen-bond donors (Lipinski definition) is 2. The fraction of sp³-hybridized carbons (Fsp3) is 0.500. The Morgan fingerprint density at radius 2 is 2.33 bits per heavy atom. The molecule has 0 bridgehead atoms. The molecule has 1 unspecified atom stereocenters. The van der Waals surface area contributed by atoms with Crippen LogP contribution >= 0.6 is 0 Å². The Morgan fingerprint density at radius 1 is 1.56 bits per heavy atom. The highest BCUT2D eigenvalue weighted by Crippen LogP contribution is 2.19. The summed E-state index contributed by atoms with van der Waals surface area (Å²) in [4.78, 5) is 14.0. The lowest BCUT2D eigenvalue weighted by Crippen LogP contribution is -2.30. The van der Waals surface area contributed by atoms with Crippen LogP contribution in [0, 0.1) is 6.92 Å². The molecule has 1 aliphatic rings. The van der Waals surface area contributed by atoms with E-state index in [1.54, 1.807) is 4.90 Å². The summed E-state index contributed by atoms with van der Waals surface area (Å²) in [5.74, 6) is 0.0205. The van der Waals surface area contributed by atoms with Crippen molar-refractivity contribution in [2.45, 2.75) is 26.4 Å². The first kappa shape index (κ1) is 12.9. The molecule has 0 radical (unpaired) electrons. The minimum atomic E-state index is -0.365. The molecule has 0 aliphatic carbocycles. The van der Waals surface area contributed by atoms with Crippen LogP contribution in [0.3, 0.4) is 0 Å². The van der Waals surface area contributed by atoms with Gasteiger partial charge >= 0.3 is 0 Å². The number of likely N-dealkylation sites (tertiary alicyclic amines) is 1. The number of nitrogens with zero attached hydrogens (tertiary/aromatic N) is 1. The Kier molecular flexibility index (Phi) is 3.87. The average Bonchev–Trinajstić information content (AvgIpc) is 2.76. The monoisotopic (exact) mass is 248 g/mol. The molecule has 0 spiro atoms. The molecule has 4 nitrogen and oxygen atoms in total. The molecule has 4 heteroatoms. The molecular weight excluding hydrogens is 228 g/mol. The van der Waals surface area contributed by atoms with Gasteiger partial charge in [-0.2, -0.15) is 0 Å². The number of carbonyl (C=O) groups excluding carboxylic acids is 1. The van der Waals surface area contributed by atoms with E-state index in [0.29, 0.717) is 19.5 Å². The molecule has 1 atom stereocenters. The van der Waals surface area contributed by atoms with Crippen molar-refractivity contribution in [1.82, 2.24) is 4.90 Å². The minimum absolute atomic E-state index is 0.0205. The molecule has 1 aliphatic heterocycles. The lowest BCUT2D eigenvalue weighted by Gasteiger charge is -2.17. The van der Waals surface area contributed by atoms with Crippen molar-refractivity contribution in [3.05, 3.63) is 29.3 Å². The summed E-state index contributed by atoms with van der Waals surface area (Å²) in [6.45, 7) is 5.95. The number of amides is 1. The van der Waals surface area contributed by atoms with Gasteiger partial charge in [-0.15, -0.1) is 0 Å². The Bertz CT molecular complexity index is 445. The van der Waals surface area contributed by atoms with Gasteiger partial charge in [-0.25, -0.2) is 0 Å². The number of carbonyl (C=O) groups is 1. The second kappa shape index (κ2) is 5.40. The lowest BCUT2D eigenvalue weighted by atomic mass is 10.1. The summed E-state index contributed by atoms with van der Waals surface area (Å²) < 4.78 is 0. The molecule has 0 aromatic heterocycles. The molecule has 18 heavy (non-hydrogen) atoms. The molecule has 1 aromatic carbocycles. The Labute approximate surface area is 108 Å². The van der Waals surface area contributed by atoms with E-state index in [-0.39, 0.29) is 12.0 Å². The third-order valence-corrected chi connectivity index (χ3v) is 3.29. The number of aliphatic hydroxyl groups excluding tert-OH is 1. The predicted octanol–water partition coefficient (Wildman–Crippen LogP) is 1.63. The topological polar surface area (TPSA) is 52.6 Å². The second-order valence-corrected chi connectivity index (χ2v) is 4.75. The standard InChI is InChI=1S/C14H20N2O2/c1-3-15-11-4-5-13(10(2)8-11)14(18)16-7-6-12(17)9-16/h4-5,8,12,15,17H,3,6-7,9H2,1-2H3. The summed E-state index contributed by atoms with van der Waals surface area (Å²) in [5, 5.41) is 12.7. The summed E-state index contributed by atoms with van der Waals surface area (Å²) in [7, 11) is 0. The van der Waals surface area contributed by atoms with Crippen LogP contribution in [0.4, 0.5) is 5.69 Å². The number of aliphatic hydroxyl groups is 1. The Balaban J connectivity index is 2.15. The number of anilines is 1. The molecule has 98 valence electrons. The third kappa shape index (κ3) is 2.64. The third-order valence-electron chi connectivity index (χ3n) is 3.29. The van der Waals surface area contributed by atoms with Gasteiger partial charge in [0, 0.05) is 30.9 Å². The van der Waals surface area contributed by atoms with E-state index in [0.717, 1.165) is 23.4 Å². The molecule has 1 aromatic rings. The molecule has 1 saturated heterocycles. The number of benzene rings is 1. The fourth-order valence-electron chi connectivity index (χ4n) is 2.31. The summed E-state index contributed by atoms with van der Waals surface area (Å²) in [5.41, 5.74) is 2.73. The molecule has 1 heterocycles. The number of β-amino-alcohol motifs (C(OH)–C–C–N with tert-alkyl or cyclic N) is 1. The number of rotatable bonds is 3. The van der Waals surface area contributed by atoms with Gasteiger partial charge in [0.2, 0.25) is 0 Å². The first-order valence-corrected chi connectivity index (χ1v) is 6.43. The van der Waals surface area contributed by atoms with Gasteiger partial charge in [-0.3, -0.25) is 4.79 Å². The maximum Gasteiger partial charge on any atom is 0.254 e. The highest BCUT2D eigenvalue weighted by Gasteiger charge is 2.26. The van der Waals surface area contributed by atoms with Crippen molar-refractivity contribution in [3.63, 3.8) is 0 Å². The van der Waals surface area contributed by atoms with E-state index in [1.807, 2.05) is 32.0 Å². The first-order valence-electron chi connectivity index (χ1n) is 6.43. The molecule has 2 N–H and O–H groups in total. The van der Waals surface area contributed by atoms with Crippen molar-refractivity contribution in [2.75, 3.05) is 25.0 Å². The Morgan fingerprint density at radius 3 is 2.89 bits per heavy atom. The quantitative estimate of drug-likeness (QED) is 0.855. The zero-order chi connectivity index (χ0) is 13.1. The van der Waals surface area contributed by atoms with Gasteiger partial charge in [-0.05, 0) is 44.0 Å². The van der Waals surface area contributed by atoms with Crippen molar-refractivity contribution < 1.29 is 9.90 Å². The van der Waals surface area contributed by atoms with Crippen LogP contribution in [0.15, 0.2) is 18.2 Å². The molecule has 2 rings (SSSR count). The molecule has 1 amide bonds. The lowest BCUT2D eigenvalue weighted by molar-refractivity contribution is 0.0764. The SMILES string of the molecule is CCNc1ccc(C(=O)N2CCC(O)C2)c(C)c1. The van der Waals surface area contributed by atoms with Crippen LogP contribution in [-0.2, 0) is 0 Å². The highest BCUT2D eigenvalue weighted by molar-refractivity contribution is 5.96. The van der Waals surface area contributed by atoms with Gasteiger partial charge in [0.15, 0.2) is 0 Å². The van der Waals surface area contributed by atoms with Crippen LogP contribution < -0.4 is 5.32 Å². The normalized spacial score (nSPS) is 19.1. The number of aryl methyl sites for hydroxylation is 1. The van der Waals surface area contributed by atoms with Crippen LogP contribution in [-0.4, -0.2) is 41.7 Å². The minimum Gasteiger partial charge on any atom is -0.391 e. The molecular formula is C14H20N2O2. The summed E-state index contributed by atoms with van der Waals surface area (Å²) >= 11 is 0. The molecule has 1 fully saturated rings. The van der Waals surface area contributed by atoms with Crippen LogP contribution in [0.2, 0.25) is 0 Å². The van der Waals surface area contributed by atoms with Gasteiger partial charge in [-0.1, -0.05) is 0 Å². The smallest absolute Gasteiger partial charge is 0.254 e. The van der Waals surface area contributed by atoms with Crippen molar-refractivity contribution in [2.24, 2.45) is 0 Å². The highest BCUT2D eigenvalue weighted by atomic mass is 16.3. The van der Waals surface area contributed by atoms with Gasteiger partial charge < -0.3 is 15.3 Å². The zero-order valence-electron chi connectivity index (χ0n) is 10.9. The van der Waals surface area contributed by atoms with Gasteiger partial charge in [0.1, 0.15) is 0 Å². The maximum absolute atomic E-state index is 12.3. The maximum atomic E-state index is 12.3. The van der Waals surface area contributed by atoms with Crippen molar-refractivity contribution in [3.8, 4) is 0 Å². The van der Waals surface area contributed by atoms with Crippen LogP contribution in [0.25, 0.3) is 0 Å². The first-order chi connectivity index (χ1) is 8.61. The van der Waals surface area contributed by atoms with E-state index in [2.05, 4.69) is 5.32 Å². The Hall–Kier alpha value is -1.55. The van der Waals surface area contributed by atoms with Crippen molar-refractivity contribution >= 4 is 11.6 Å². The van der Waals surface area contributed by atoms with Crippen molar-refractivity contribution in [1.29, 1.82) is 0 Å². The van der Waals surface area contributed by atoms with Crippen LogP contribution in [0.5, 0.6) is 0 Å². The second-order valence-electron chi connectivity index (χ2n) is 4.75. The predicted molar refractivity (Wildman–Crippen MR) is 71.9 cm³/mol. The fourth-order valence-corrected chi connectivity index (χ4v) is 2.31. The van der Waals surface area contributed by atoms with Gasteiger partial charge in [0.05, 0.1) is 6.10 Å². The van der Waals surface area contributed by atoms with E-state index in [1.165, 1.54) is 0 Å². The van der Waals surface area contributed by atoms with Crippen LogP contribution in [0.1, 0.15) is 29.3 Å². The summed E-state index contributed by atoms with van der Waals surface area (Å²) in [6.07, 6.45) is 0.315. The van der Waals surface area contributed by atoms with E-state index >= 15 is 0 Å². The molecule has 0 saturated carbocycles. The van der Waals surface area contributed by atoms with Gasteiger partial charge in [0.25, 0.3) is 5.91 Å². The van der Waals surface area contributed by atoms with E-state index < -0.39 is 0 Å². The average molecular weight is 248 g/mol. The zero-order valence-corrected chi connectivity index (χ0v) is 10.9. The number of hydrogen-bond acceptors (Lipinski definition) is 3. The van der Waals surface area contributed by atoms with E-state index in [4.69, 9.17) is 0 Å². The largest absolute Gasteiger partial charge is 0.391 e. The summed E-state index contributed by atoms with van der Waals surface area (Å²) in [6, 6.07) is 5.78. The number of nitrogens with one attached hydrogen (secondary N) is 1.